The van der Waals surface area contributed by atoms with Crippen LogP contribution in [-0.2, 0) is 27.1 Å². The van der Waals surface area contributed by atoms with Crippen LogP contribution >= 0.6 is 0 Å². The second-order valence-corrected chi connectivity index (χ2v) is 11.3. The SMILES string of the molecule is CCc1ccc(C(CC)(NC(=O)c2cnn3c2N[C@@H](c2ccccc2)CC3(C)C)C(=O)C[C@@H](CC)C(N)=O)cc1. The fourth-order valence-electron chi connectivity index (χ4n) is 5.72. The number of Topliss-reactive ketones (excluding diaryl/α,β-unsaturated/α-hetero) is 1. The van der Waals surface area contributed by atoms with Gasteiger partial charge in [0.15, 0.2) is 5.78 Å². The molecule has 4 N–H and O–H groups in total. The number of nitrogens with zero attached hydrogens (tertiary/aromatic N) is 2. The van der Waals surface area contributed by atoms with E-state index >= 15 is 0 Å². The van der Waals surface area contributed by atoms with Crippen molar-refractivity contribution >= 4 is 23.4 Å². The minimum Gasteiger partial charge on any atom is -0.369 e. The zero-order valence-electron chi connectivity index (χ0n) is 24.2. The van der Waals surface area contributed by atoms with Gasteiger partial charge in [0, 0.05) is 12.3 Å². The predicted molar refractivity (Wildman–Crippen MR) is 157 cm³/mol. The molecular weight excluding hydrogens is 502 g/mol. The number of carbonyl (C=O) groups is 3. The standard InChI is InChI=1S/C32H41N5O3/c1-6-21-14-16-24(17-15-21)32(8-3,27(38)18-22(7-2)28(33)39)36-30(40)25-20-34-37-29(25)35-26(19-31(37,4)5)23-12-10-9-11-13-23/h9-17,20,22,26,35H,6-8,18-19H2,1-5H3,(H2,33,39)(H,36,40)/t22-,26-,32?/m1/s1. The Labute approximate surface area is 236 Å². The van der Waals surface area contributed by atoms with E-state index in [1.165, 1.54) is 0 Å². The number of fused-ring (bicyclic) bond motifs is 1. The summed E-state index contributed by atoms with van der Waals surface area (Å²) in [5, 5.41) is 11.2. The van der Waals surface area contributed by atoms with E-state index < -0.39 is 23.3 Å². The smallest absolute Gasteiger partial charge is 0.257 e. The molecule has 8 heteroatoms. The van der Waals surface area contributed by atoms with Gasteiger partial charge < -0.3 is 16.4 Å². The van der Waals surface area contributed by atoms with Gasteiger partial charge in [0.2, 0.25) is 5.91 Å². The lowest BCUT2D eigenvalue weighted by atomic mass is 9.78. The number of hydrogen-bond donors (Lipinski definition) is 3. The summed E-state index contributed by atoms with van der Waals surface area (Å²) in [6, 6.07) is 17.9. The molecule has 3 atom stereocenters. The van der Waals surface area contributed by atoms with Gasteiger partial charge in [0.05, 0.1) is 17.8 Å². The van der Waals surface area contributed by atoms with Crippen molar-refractivity contribution in [2.24, 2.45) is 11.7 Å². The van der Waals surface area contributed by atoms with Gasteiger partial charge in [0.25, 0.3) is 5.91 Å². The van der Waals surface area contributed by atoms with E-state index in [0.717, 1.165) is 24.0 Å². The van der Waals surface area contributed by atoms with Gasteiger partial charge in [-0.2, -0.15) is 5.10 Å². The molecular formula is C32H41N5O3. The maximum absolute atomic E-state index is 14.0. The van der Waals surface area contributed by atoms with E-state index in [0.29, 0.717) is 29.8 Å². The van der Waals surface area contributed by atoms with E-state index in [1.54, 1.807) is 6.20 Å². The number of anilines is 1. The molecule has 1 aliphatic heterocycles. The highest BCUT2D eigenvalue weighted by atomic mass is 16.2. The van der Waals surface area contributed by atoms with E-state index in [9.17, 15) is 14.4 Å². The van der Waals surface area contributed by atoms with Crippen LogP contribution in [0.15, 0.2) is 60.8 Å². The number of aromatic nitrogens is 2. The average Bonchev–Trinajstić information content (AvgIpc) is 3.40. The van der Waals surface area contributed by atoms with E-state index in [2.05, 4.69) is 48.6 Å². The number of nitrogens with two attached hydrogens (primary N) is 1. The van der Waals surface area contributed by atoms with Crippen LogP contribution in [-0.4, -0.2) is 27.4 Å². The summed E-state index contributed by atoms with van der Waals surface area (Å²) in [5.41, 5.74) is 7.23. The number of carbonyl (C=O) groups excluding carboxylic acids is 3. The first-order chi connectivity index (χ1) is 19.1. The summed E-state index contributed by atoms with van der Waals surface area (Å²) in [5.74, 6) is -1.15. The lowest BCUT2D eigenvalue weighted by Gasteiger charge is -2.38. The minimum atomic E-state index is -1.33. The van der Waals surface area contributed by atoms with Crippen molar-refractivity contribution < 1.29 is 14.4 Å². The number of nitrogens with one attached hydrogen (secondary N) is 2. The molecule has 0 fully saturated rings. The normalized spacial score (nSPS) is 18.1. The number of amides is 2. The summed E-state index contributed by atoms with van der Waals surface area (Å²) < 4.78 is 1.85. The molecule has 0 saturated carbocycles. The van der Waals surface area contributed by atoms with Gasteiger partial charge in [-0.25, -0.2) is 4.68 Å². The molecule has 0 spiro atoms. The van der Waals surface area contributed by atoms with Gasteiger partial charge in [-0.05, 0) is 56.2 Å². The first-order valence-corrected chi connectivity index (χ1v) is 14.2. The van der Waals surface area contributed by atoms with Crippen LogP contribution in [0.5, 0.6) is 0 Å². The number of rotatable bonds is 11. The molecule has 2 amide bonds. The zero-order valence-corrected chi connectivity index (χ0v) is 24.2. The van der Waals surface area contributed by atoms with Crippen molar-refractivity contribution in [3.8, 4) is 0 Å². The molecule has 1 aliphatic rings. The van der Waals surface area contributed by atoms with Gasteiger partial charge in [-0.15, -0.1) is 0 Å². The quantitative estimate of drug-likeness (QED) is 0.305. The molecule has 8 nitrogen and oxygen atoms in total. The molecule has 3 aromatic rings. The Bertz CT molecular complexity index is 1360. The van der Waals surface area contributed by atoms with E-state index in [-0.39, 0.29) is 23.8 Å². The van der Waals surface area contributed by atoms with Crippen LogP contribution in [0.25, 0.3) is 0 Å². The molecule has 212 valence electrons. The first kappa shape index (κ1) is 29.1. The Morgan fingerprint density at radius 1 is 1.10 bits per heavy atom. The Morgan fingerprint density at radius 2 is 1.77 bits per heavy atom. The van der Waals surface area contributed by atoms with Crippen molar-refractivity contribution in [1.82, 2.24) is 15.1 Å². The predicted octanol–water partition coefficient (Wildman–Crippen LogP) is 5.24. The van der Waals surface area contributed by atoms with E-state index in [4.69, 9.17) is 5.73 Å². The number of hydrogen-bond acceptors (Lipinski definition) is 5. The molecule has 0 radical (unpaired) electrons. The lowest BCUT2D eigenvalue weighted by Crippen LogP contribution is -2.52. The molecule has 4 rings (SSSR count). The third-order valence-corrected chi connectivity index (χ3v) is 8.32. The largest absolute Gasteiger partial charge is 0.369 e. The van der Waals surface area contributed by atoms with Gasteiger partial charge >= 0.3 is 0 Å². The molecule has 1 unspecified atom stereocenters. The first-order valence-electron chi connectivity index (χ1n) is 14.2. The summed E-state index contributed by atoms with van der Waals surface area (Å²) in [6.45, 7) is 9.98. The second-order valence-electron chi connectivity index (χ2n) is 11.3. The summed E-state index contributed by atoms with van der Waals surface area (Å²) >= 11 is 0. The van der Waals surface area contributed by atoms with Crippen LogP contribution < -0.4 is 16.4 Å². The Morgan fingerprint density at radius 3 is 2.35 bits per heavy atom. The fraction of sp³-hybridized carbons (Fsp3) is 0.438. The third-order valence-electron chi connectivity index (χ3n) is 8.32. The maximum Gasteiger partial charge on any atom is 0.257 e. The summed E-state index contributed by atoms with van der Waals surface area (Å²) in [7, 11) is 0. The Kier molecular flexibility index (Phi) is 8.47. The minimum absolute atomic E-state index is 0.00742. The van der Waals surface area contributed by atoms with Crippen molar-refractivity contribution in [1.29, 1.82) is 0 Å². The van der Waals surface area contributed by atoms with E-state index in [1.807, 2.05) is 61.0 Å². The lowest BCUT2D eigenvalue weighted by molar-refractivity contribution is -0.131. The molecule has 0 aliphatic carbocycles. The zero-order chi connectivity index (χ0) is 29.1. The number of ketones is 1. The highest BCUT2D eigenvalue weighted by molar-refractivity contribution is 6.03. The number of benzene rings is 2. The maximum atomic E-state index is 14.0. The molecule has 2 aromatic carbocycles. The van der Waals surface area contributed by atoms with Crippen molar-refractivity contribution in [3.05, 3.63) is 83.0 Å². The van der Waals surface area contributed by atoms with Crippen LogP contribution in [0.2, 0.25) is 0 Å². The van der Waals surface area contributed by atoms with Gasteiger partial charge in [0.1, 0.15) is 16.9 Å². The van der Waals surface area contributed by atoms with Crippen molar-refractivity contribution in [2.45, 2.75) is 83.8 Å². The highest BCUT2D eigenvalue weighted by Crippen LogP contribution is 2.40. The van der Waals surface area contributed by atoms with Crippen LogP contribution in [0, 0.1) is 5.92 Å². The van der Waals surface area contributed by atoms with Crippen molar-refractivity contribution in [2.75, 3.05) is 5.32 Å². The topological polar surface area (TPSA) is 119 Å². The molecule has 0 saturated heterocycles. The molecule has 2 heterocycles. The third kappa shape index (κ3) is 5.53. The van der Waals surface area contributed by atoms with Crippen molar-refractivity contribution in [3.63, 3.8) is 0 Å². The Hall–Kier alpha value is -3.94. The van der Waals surface area contributed by atoms with Gasteiger partial charge in [-0.1, -0.05) is 75.4 Å². The summed E-state index contributed by atoms with van der Waals surface area (Å²) in [6.07, 6.45) is 3.91. The Balaban J connectivity index is 1.73. The highest BCUT2D eigenvalue weighted by Gasteiger charge is 2.43. The number of primary amides is 1. The monoisotopic (exact) mass is 543 g/mol. The second kappa shape index (κ2) is 11.7. The molecule has 1 aromatic heterocycles. The van der Waals surface area contributed by atoms with Gasteiger partial charge in [-0.3, -0.25) is 14.4 Å². The van der Waals surface area contributed by atoms with Crippen LogP contribution in [0.3, 0.4) is 0 Å². The molecule has 40 heavy (non-hydrogen) atoms. The molecule has 0 bridgehead atoms. The summed E-state index contributed by atoms with van der Waals surface area (Å²) in [4.78, 5) is 40.1. The fourth-order valence-corrected chi connectivity index (χ4v) is 5.72. The number of aryl methyl sites for hydroxylation is 1. The van der Waals surface area contributed by atoms with Crippen LogP contribution in [0.1, 0.15) is 93.4 Å². The average molecular weight is 544 g/mol. The van der Waals surface area contributed by atoms with Crippen LogP contribution in [0.4, 0.5) is 5.82 Å².